The van der Waals surface area contributed by atoms with Crippen molar-refractivity contribution in [2.45, 2.75) is 30.3 Å². The fourth-order valence-electron chi connectivity index (χ4n) is 2.25. The van der Waals surface area contributed by atoms with Crippen LogP contribution in [0.4, 0.5) is 0 Å². The molecule has 1 saturated carbocycles. The van der Waals surface area contributed by atoms with Gasteiger partial charge < -0.3 is 15.1 Å². The van der Waals surface area contributed by atoms with Crippen LogP contribution in [-0.2, 0) is 21.4 Å². The van der Waals surface area contributed by atoms with Crippen molar-refractivity contribution >= 4 is 37.8 Å². The number of sulfonamides is 1. The number of carbonyl (C=O) groups excluding carboxylic acids is 2. The highest BCUT2D eigenvalue weighted by molar-refractivity contribution is 9.10. The van der Waals surface area contributed by atoms with Gasteiger partial charge in [-0.05, 0) is 59.1 Å². The van der Waals surface area contributed by atoms with Gasteiger partial charge >= 0.3 is 0 Å². The molecule has 0 bridgehead atoms. The van der Waals surface area contributed by atoms with Crippen LogP contribution >= 0.6 is 15.9 Å². The Kier molecular flexibility index (Phi) is 5.98. The number of halogens is 1. The van der Waals surface area contributed by atoms with Crippen molar-refractivity contribution in [3.63, 3.8) is 0 Å². The van der Waals surface area contributed by atoms with Crippen molar-refractivity contribution < 1.29 is 22.4 Å². The molecule has 1 fully saturated rings. The van der Waals surface area contributed by atoms with E-state index in [2.05, 4.69) is 31.3 Å². The van der Waals surface area contributed by atoms with E-state index < -0.39 is 21.8 Å². The van der Waals surface area contributed by atoms with Gasteiger partial charge in [0.05, 0.1) is 29.8 Å². The molecule has 1 aliphatic rings. The number of rotatable bonds is 8. The molecule has 0 atom stereocenters. The maximum absolute atomic E-state index is 12.4. The average Bonchev–Trinajstić information content (AvgIpc) is 3.27. The molecule has 3 rings (SSSR count). The van der Waals surface area contributed by atoms with E-state index in [0.29, 0.717) is 10.2 Å². The summed E-state index contributed by atoms with van der Waals surface area (Å²) in [5, 5.41) is 5.08. The van der Waals surface area contributed by atoms with Crippen LogP contribution in [0.1, 0.15) is 29.0 Å². The topological polar surface area (TPSA) is 118 Å². The first-order chi connectivity index (χ1) is 12.8. The van der Waals surface area contributed by atoms with E-state index in [1.807, 2.05) is 0 Å². The third-order valence-electron chi connectivity index (χ3n) is 3.84. The maximum Gasteiger partial charge on any atom is 0.252 e. The summed E-state index contributed by atoms with van der Waals surface area (Å²) in [6, 6.07) is 7.59. The number of furan rings is 1. The lowest BCUT2D eigenvalue weighted by Crippen LogP contribution is -2.36. The van der Waals surface area contributed by atoms with Gasteiger partial charge in [-0.15, -0.1) is 0 Å². The Morgan fingerprint density at radius 1 is 1.19 bits per heavy atom. The highest BCUT2D eigenvalue weighted by Crippen LogP contribution is 2.25. The van der Waals surface area contributed by atoms with E-state index in [-0.39, 0.29) is 29.6 Å². The first-order valence-corrected chi connectivity index (χ1v) is 10.5. The lowest BCUT2D eigenvalue weighted by atomic mass is 10.2. The van der Waals surface area contributed by atoms with Crippen molar-refractivity contribution in [1.29, 1.82) is 0 Å². The van der Waals surface area contributed by atoms with Crippen LogP contribution in [0.5, 0.6) is 0 Å². The fraction of sp³-hybridized carbons (Fsp3) is 0.294. The van der Waals surface area contributed by atoms with Crippen LogP contribution in [0.15, 0.2) is 50.4 Å². The van der Waals surface area contributed by atoms with Crippen LogP contribution in [0, 0.1) is 0 Å². The van der Waals surface area contributed by atoms with Crippen LogP contribution < -0.4 is 15.4 Å². The van der Waals surface area contributed by atoms with E-state index in [1.54, 1.807) is 12.1 Å². The molecule has 27 heavy (non-hydrogen) atoms. The number of hydrogen-bond acceptors (Lipinski definition) is 5. The van der Waals surface area contributed by atoms with Crippen molar-refractivity contribution in [3.05, 3.63) is 52.4 Å². The molecule has 1 aliphatic carbocycles. The fourth-order valence-corrected chi connectivity index (χ4v) is 4.01. The molecule has 3 N–H and O–H groups in total. The lowest BCUT2D eigenvalue weighted by Gasteiger charge is -2.10. The van der Waals surface area contributed by atoms with Gasteiger partial charge in [-0.25, -0.2) is 13.1 Å². The molecule has 2 aromatic rings. The molecule has 1 aromatic carbocycles. The highest BCUT2D eigenvalue weighted by atomic mass is 79.9. The first-order valence-electron chi connectivity index (χ1n) is 8.24. The molecule has 10 heteroatoms. The molecule has 0 spiro atoms. The monoisotopic (exact) mass is 455 g/mol. The molecule has 8 nitrogen and oxygen atoms in total. The molecule has 1 heterocycles. The number of amides is 2. The zero-order chi connectivity index (χ0) is 19.4. The highest BCUT2D eigenvalue weighted by Gasteiger charge is 2.28. The summed E-state index contributed by atoms with van der Waals surface area (Å²) in [5.74, 6) is -0.355. The molecule has 1 aromatic heterocycles. The first kappa shape index (κ1) is 19.6. The quantitative estimate of drug-likeness (QED) is 0.557. The summed E-state index contributed by atoms with van der Waals surface area (Å²) < 4.78 is 32.7. The maximum atomic E-state index is 12.4. The second-order valence-electron chi connectivity index (χ2n) is 6.08. The van der Waals surface area contributed by atoms with Crippen molar-refractivity contribution in [1.82, 2.24) is 15.4 Å². The molecule has 2 amide bonds. The predicted molar refractivity (Wildman–Crippen MR) is 100 cm³/mol. The predicted octanol–water partition coefficient (Wildman–Crippen LogP) is 1.53. The number of nitrogens with one attached hydrogen (secondary N) is 3. The van der Waals surface area contributed by atoms with Crippen molar-refractivity contribution in [2.24, 2.45) is 0 Å². The van der Waals surface area contributed by atoms with Crippen molar-refractivity contribution in [3.8, 4) is 0 Å². The summed E-state index contributed by atoms with van der Waals surface area (Å²) in [6.45, 7) is -0.0325. The van der Waals surface area contributed by atoms with E-state index >= 15 is 0 Å². The van der Waals surface area contributed by atoms with Crippen LogP contribution in [0.2, 0.25) is 0 Å². The lowest BCUT2D eigenvalue weighted by molar-refractivity contribution is -0.120. The third-order valence-corrected chi connectivity index (χ3v) is 6.05. The Morgan fingerprint density at radius 3 is 2.63 bits per heavy atom. The smallest absolute Gasteiger partial charge is 0.252 e. The minimum absolute atomic E-state index is 0.00465. The molecular weight excluding hydrogens is 438 g/mol. The zero-order valence-corrected chi connectivity index (χ0v) is 16.6. The van der Waals surface area contributed by atoms with Gasteiger partial charge in [-0.3, -0.25) is 9.59 Å². The van der Waals surface area contributed by atoms with Gasteiger partial charge in [0.15, 0.2) is 0 Å². The standard InChI is InChI=1S/C17H18BrN3O5S/c18-15-6-5-13(27(24,25)21-11-3-4-11)8-14(15)17(23)20-10-16(22)19-9-12-2-1-7-26-12/h1-2,5-8,11,21H,3-4,9-10H2,(H,19,22)(H,20,23). The van der Waals surface area contributed by atoms with Gasteiger partial charge in [0, 0.05) is 10.5 Å². The Bertz CT molecular complexity index is 939. The Morgan fingerprint density at radius 2 is 1.96 bits per heavy atom. The Balaban J connectivity index is 1.60. The Labute approximate surface area is 164 Å². The summed E-state index contributed by atoms with van der Waals surface area (Å²) in [6.07, 6.45) is 3.13. The SMILES string of the molecule is O=C(CNC(=O)c1cc(S(=O)(=O)NC2CC2)ccc1Br)NCc1ccco1. The minimum atomic E-state index is -3.68. The average molecular weight is 456 g/mol. The van der Waals surface area contributed by atoms with Crippen LogP contribution in [0.3, 0.4) is 0 Å². The third kappa shape index (κ3) is 5.41. The van der Waals surface area contributed by atoms with Crippen LogP contribution in [0.25, 0.3) is 0 Å². The van der Waals surface area contributed by atoms with Gasteiger partial charge in [0.2, 0.25) is 15.9 Å². The molecule has 0 radical (unpaired) electrons. The van der Waals surface area contributed by atoms with Gasteiger partial charge in [0.1, 0.15) is 5.76 Å². The number of hydrogen-bond donors (Lipinski definition) is 3. The molecule has 0 unspecified atom stereocenters. The Hall–Kier alpha value is -2.17. The molecule has 0 aliphatic heterocycles. The second-order valence-corrected chi connectivity index (χ2v) is 8.64. The van der Waals surface area contributed by atoms with E-state index in [0.717, 1.165) is 12.8 Å². The summed E-state index contributed by atoms with van der Waals surface area (Å²) in [4.78, 5) is 24.2. The van der Waals surface area contributed by atoms with Gasteiger partial charge in [0.25, 0.3) is 5.91 Å². The minimum Gasteiger partial charge on any atom is -0.467 e. The van der Waals surface area contributed by atoms with Crippen LogP contribution in [-0.4, -0.2) is 32.8 Å². The zero-order valence-electron chi connectivity index (χ0n) is 14.2. The van der Waals surface area contributed by atoms with E-state index in [9.17, 15) is 18.0 Å². The van der Waals surface area contributed by atoms with Gasteiger partial charge in [-0.1, -0.05) is 0 Å². The normalized spacial score (nSPS) is 14.0. The molecule has 0 saturated heterocycles. The van der Waals surface area contributed by atoms with E-state index in [1.165, 1.54) is 24.5 Å². The van der Waals surface area contributed by atoms with Crippen molar-refractivity contribution in [2.75, 3.05) is 6.54 Å². The molecule has 144 valence electrons. The summed E-state index contributed by atoms with van der Waals surface area (Å²) in [5.41, 5.74) is 0.132. The number of benzene rings is 1. The largest absolute Gasteiger partial charge is 0.467 e. The van der Waals surface area contributed by atoms with Gasteiger partial charge in [-0.2, -0.15) is 0 Å². The van der Waals surface area contributed by atoms with E-state index in [4.69, 9.17) is 4.42 Å². The number of carbonyl (C=O) groups is 2. The second kappa shape index (κ2) is 8.24. The summed E-state index contributed by atoms with van der Waals surface area (Å²) in [7, 11) is -3.68. The molecular formula is C17H18BrN3O5S. The summed E-state index contributed by atoms with van der Waals surface area (Å²) >= 11 is 3.24.